The summed E-state index contributed by atoms with van der Waals surface area (Å²) in [5.74, 6) is 2.47. The summed E-state index contributed by atoms with van der Waals surface area (Å²) in [6, 6.07) is 10.9. The van der Waals surface area contributed by atoms with Gasteiger partial charge in [0.05, 0.1) is 12.7 Å². The Morgan fingerprint density at radius 1 is 0.692 bits per heavy atom. The van der Waals surface area contributed by atoms with Crippen LogP contribution in [0.4, 0.5) is 0 Å². The van der Waals surface area contributed by atoms with Gasteiger partial charge in [0.1, 0.15) is 0 Å². The van der Waals surface area contributed by atoms with Crippen LogP contribution in [0.3, 0.4) is 0 Å². The van der Waals surface area contributed by atoms with Crippen LogP contribution in [0.1, 0.15) is 90.0 Å². The van der Waals surface area contributed by atoms with Crippen molar-refractivity contribution < 1.29 is 4.74 Å². The van der Waals surface area contributed by atoms with Crippen molar-refractivity contribution in [2.45, 2.75) is 97.0 Å². The van der Waals surface area contributed by atoms with Gasteiger partial charge in [-0.15, -0.1) is 0 Å². The minimum atomic E-state index is 0.380. The van der Waals surface area contributed by atoms with Crippen LogP contribution < -0.4 is 0 Å². The maximum Gasteiger partial charge on any atom is 0.0560 e. The topological polar surface area (TPSA) is 9.23 Å². The number of ether oxygens (including phenoxy) is 1. The first-order valence-electron chi connectivity index (χ1n) is 11.0. The Kier molecular flexibility index (Phi) is 16.2. The average molecular weight is 379 g/mol. The van der Waals surface area contributed by atoms with E-state index >= 15 is 0 Å². The Bertz CT molecular complexity index is 390. The van der Waals surface area contributed by atoms with Gasteiger partial charge in [-0.1, -0.05) is 88.1 Å². The first-order valence-corrected chi connectivity index (χ1v) is 12.2. The van der Waals surface area contributed by atoms with Gasteiger partial charge >= 0.3 is 0 Å². The van der Waals surface area contributed by atoms with Gasteiger partial charge in [-0.05, 0) is 44.4 Å². The molecule has 150 valence electrons. The SMILES string of the molecule is CC(C)OCCSCCCCCCCCCCCCCc1ccccc1. The monoisotopic (exact) mass is 378 g/mol. The highest BCUT2D eigenvalue weighted by Crippen LogP contribution is 2.14. The van der Waals surface area contributed by atoms with E-state index in [0.717, 1.165) is 12.4 Å². The van der Waals surface area contributed by atoms with Gasteiger partial charge < -0.3 is 4.74 Å². The van der Waals surface area contributed by atoms with Crippen molar-refractivity contribution in [2.24, 2.45) is 0 Å². The molecule has 0 unspecified atom stereocenters. The quantitative estimate of drug-likeness (QED) is 0.242. The summed E-state index contributed by atoms with van der Waals surface area (Å²) in [5.41, 5.74) is 1.50. The largest absolute Gasteiger partial charge is 0.378 e. The van der Waals surface area contributed by atoms with Crippen molar-refractivity contribution >= 4 is 11.8 Å². The molecule has 26 heavy (non-hydrogen) atoms. The molecule has 0 aliphatic carbocycles. The van der Waals surface area contributed by atoms with Gasteiger partial charge in [-0.3, -0.25) is 0 Å². The first-order chi connectivity index (χ1) is 12.8. The van der Waals surface area contributed by atoms with Gasteiger partial charge in [0, 0.05) is 5.75 Å². The summed E-state index contributed by atoms with van der Waals surface area (Å²) < 4.78 is 5.55. The van der Waals surface area contributed by atoms with Gasteiger partial charge in [0.2, 0.25) is 0 Å². The Morgan fingerprint density at radius 3 is 1.81 bits per heavy atom. The fourth-order valence-corrected chi connectivity index (χ4v) is 4.04. The zero-order chi connectivity index (χ0) is 18.7. The maximum absolute atomic E-state index is 5.55. The van der Waals surface area contributed by atoms with E-state index in [1.807, 2.05) is 0 Å². The highest BCUT2D eigenvalue weighted by molar-refractivity contribution is 7.99. The van der Waals surface area contributed by atoms with Gasteiger partial charge in [-0.25, -0.2) is 0 Å². The first kappa shape index (κ1) is 23.6. The number of hydrogen-bond donors (Lipinski definition) is 0. The number of unbranched alkanes of at least 4 members (excludes halogenated alkanes) is 10. The summed E-state index contributed by atoms with van der Waals surface area (Å²) >= 11 is 2.05. The Hall–Kier alpha value is -0.470. The normalized spacial score (nSPS) is 11.3. The van der Waals surface area contributed by atoms with E-state index < -0.39 is 0 Å². The van der Waals surface area contributed by atoms with E-state index in [9.17, 15) is 0 Å². The van der Waals surface area contributed by atoms with Crippen molar-refractivity contribution in [3.63, 3.8) is 0 Å². The number of thioether (sulfide) groups is 1. The van der Waals surface area contributed by atoms with Crippen molar-refractivity contribution in [3.05, 3.63) is 35.9 Å². The lowest BCUT2D eigenvalue weighted by atomic mass is 10.0. The van der Waals surface area contributed by atoms with Crippen molar-refractivity contribution in [3.8, 4) is 0 Å². The van der Waals surface area contributed by atoms with Gasteiger partial charge in [-0.2, -0.15) is 11.8 Å². The van der Waals surface area contributed by atoms with E-state index in [1.165, 1.54) is 88.4 Å². The molecule has 0 bridgehead atoms. The van der Waals surface area contributed by atoms with Crippen LogP contribution in [-0.4, -0.2) is 24.2 Å². The molecule has 0 amide bonds. The van der Waals surface area contributed by atoms with Crippen LogP contribution in [0.25, 0.3) is 0 Å². The molecule has 0 N–H and O–H groups in total. The number of aryl methyl sites for hydroxylation is 1. The third-order valence-corrected chi connectivity index (χ3v) is 5.81. The van der Waals surface area contributed by atoms with Crippen LogP contribution in [-0.2, 0) is 11.2 Å². The average Bonchev–Trinajstić information content (AvgIpc) is 2.65. The molecule has 2 heteroatoms. The van der Waals surface area contributed by atoms with E-state index in [1.54, 1.807) is 0 Å². The van der Waals surface area contributed by atoms with Crippen molar-refractivity contribution in [1.29, 1.82) is 0 Å². The molecule has 0 atom stereocenters. The zero-order valence-corrected chi connectivity index (χ0v) is 18.2. The van der Waals surface area contributed by atoms with E-state index in [2.05, 4.69) is 55.9 Å². The number of rotatable bonds is 18. The fourth-order valence-electron chi connectivity index (χ4n) is 3.21. The molecule has 0 saturated heterocycles. The van der Waals surface area contributed by atoms with E-state index in [4.69, 9.17) is 4.74 Å². The lowest BCUT2D eigenvalue weighted by molar-refractivity contribution is 0.0920. The Balaban J connectivity index is 1.70. The minimum absolute atomic E-state index is 0.380. The third-order valence-electron chi connectivity index (χ3n) is 4.78. The second-order valence-corrected chi connectivity index (χ2v) is 8.88. The summed E-state index contributed by atoms with van der Waals surface area (Å²) in [7, 11) is 0. The predicted molar refractivity (Wildman–Crippen MR) is 119 cm³/mol. The molecular weight excluding hydrogens is 336 g/mol. The summed E-state index contributed by atoms with van der Waals surface area (Å²) in [6.45, 7) is 5.13. The number of hydrogen-bond acceptors (Lipinski definition) is 2. The lowest BCUT2D eigenvalue weighted by Gasteiger charge is -2.07. The van der Waals surface area contributed by atoms with Crippen LogP contribution in [0.2, 0.25) is 0 Å². The molecule has 0 aliphatic heterocycles. The Morgan fingerprint density at radius 2 is 1.23 bits per heavy atom. The molecule has 1 aromatic rings. The molecule has 0 aromatic heterocycles. The highest BCUT2D eigenvalue weighted by Gasteiger charge is 1.96. The Labute approximate surface area is 167 Å². The molecule has 0 fully saturated rings. The fraction of sp³-hybridized carbons (Fsp3) is 0.750. The predicted octanol–water partition coefficient (Wildman–Crippen LogP) is 7.68. The molecule has 1 aromatic carbocycles. The molecule has 1 nitrogen and oxygen atoms in total. The van der Waals surface area contributed by atoms with E-state index in [-0.39, 0.29) is 0 Å². The molecule has 1 rings (SSSR count). The van der Waals surface area contributed by atoms with Gasteiger partial charge in [0.15, 0.2) is 0 Å². The third kappa shape index (κ3) is 15.8. The molecule has 0 spiro atoms. The second-order valence-electron chi connectivity index (χ2n) is 7.66. The smallest absolute Gasteiger partial charge is 0.0560 e. The van der Waals surface area contributed by atoms with Crippen LogP contribution in [0.5, 0.6) is 0 Å². The molecular formula is C24H42OS. The maximum atomic E-state index is 5.55. The standard InChI is InChI=1S/C24H42OS/c1-23(2)25-20-22-26-21-16-11-9-7-5-3-4-6-8-10-13-17-24-18-14-12-15-19-24/h12,14-15,18-19,23H,3-11,13,16-17,20-22H2,1-2H3. The summed E-state index contributed by atoms with van der Waals surface area (Å²) in [6.07, 6.45) is 17.2. The van der Waals surface area contributed by atoms with Crippen LogP contribution >= 0.6 is 11.8 Å². The number of benzene rings is 1. The zero-order valence-electron chi connectivity index (χ0n) is 17.4. The van der Waals surface area contributed by atoms with Crippen molar-refractivity contribution in [2.75, 3.05) is 18.1 Å². The second kappa shape index (κ2) is 17.9. The highest BCUT2D eigenvalue weighted by atomic mass is 32.2. The van der Waals surface area contributed by atoms with Crippen LogP contribution in [0.15, 0.2) is 30.3 Å². The molecule has 0 aliphatic rings. The van der Waals surface area contributed by atoms with Crippen molar-refractivity contribution in [1.82, 2.24) is 0 Å². The van der Waals surface area contributed by atoms with E-state index in [0.29, 0.717) is 6.10 Å². The van der Waals surface area contributed by atoms with Gasteiger partial charge in [0.25, 0.3) is 0 Å². The van der Waals surface area contributed by atoms with Crippen LogP contribution in [0, 0.1) is 0 Å². The minimum Gasteiger partial charge on any atom is -0.378 e. The molecule has 0 heterocycles. The lowest BCUT2D eigenvalue weighted by Crippen LogP contribution is -2.05. The molecule has 0 saturated carbocycles. The molecule has 0 radical (unpaired) electrons. The summed E-state index contributed by atoms with van der Waals surface area (Å²) in [4.78, 5) is 0. The summed E-state index contributed by atoms with van der Waals surface area (Å²) in [5, 5.41) is 0.